The van der Waals surface area contributed by atoms with E-state index in [1.807, 2.05) is 13.8 Å². The number of rotatable bonds is 8. The van der Waals surface area contributed by atoms with Crippen molar-refractivity contribution in [3.8, 4) is 11.8 Å². The number of ether oxygens (including phenoxy) is 3. The molecule has 18 heavy (non-hydrogen) atoms. The lowest BCUT2D eigenvalue weighted by atomic mass is 10.2. The van der Waals surface area contributed by atoms with Crippen molar-refractivity contribution >= 4 is 0 Å². The number of nitriles is 1. The van der Waals surface area contributed by atoms with Crippen LogP contribution in [0, 0.1) is 11.3 Å². The summed E-state index contributed by atoms with van der Waals surface area (Å²) >= 11 is 0. The Morgan fingerprint density at radius 3 is 2.22 bits per heavy atom. The van der Waals surface area contributed by atoms with E-state index >= 15 is 0 Å². The lowest BCUT2D eigenvalue weighted by Gasteiger charge is -2.16. The summed E-state index contributed by atoms with van der Waals surface area (Å²) in [5.41, 5.74) is 0.629. The summed E-state index contributed by atoms with van der Waals surface area (Å²) in [6.07, 6.45) is 0.472. The molecule has 0 aliphatic heterocycles. The molecule has 0 bridgehead atoms. The van der Waals surface area contributed by atoms with Gasteiger partial charge in [0.15, 0.2) is 6.29 Å². The molecule has 0 N–H and O–H groups in total. The first kappa shape index (κ1) is 14.5. The zero-order valence-corrected chi connectivity index (χ0v) is 10.9. The molecular weight excluding hydrogens is 230 g/mol. The molecule has 0 atom stereocenters. The second-order valence-corrected chi connectivity index (χ2v) is 3.61. The molecule has 4 nitrogen and oxygen atoms in total. The highest BCUT2D eigenvalue weighted by molar-refractivity contribution is 5.34. The monoisotopic (exact) mass is 249 g/mol. The lowest BCUT2D eigenvalue weighted by molar-refractivity contribution is -0.142. The third-order valence-corrected chi connectivity index (χ3v) is 2.31. The van der Waals surface area contributed by atoms with Crippen LogP contribution in [0.5, 0.6) is 5.75 Å². The Kier molecular flexibility index (Phi) is 6.85. The minimum atomic E-state index is -0.210. The van der Waals surface area contributed by atoms with E-state index in [0.29, 0.717) is 31.8 Å². The zero-order chi connectivity index (χ0) is 13.2. The Morgan fingerprint density at radius 1 is 1.11 bits per heavy atom. The molecule has 1 aromatic rings. The van der Waals surface area contributed by atoms with Gasteiger partial charge in [0, 0.05) is 19.6 Å². The second kappa shape index (κ2) is 8.51. The number of nitrogens with zero attached hydrogens (tertiary/aromatic N) is 1. The van der Waals surface area contributed by atoms with Crippen molar-refractivity contribution in [3.63, 3.8) is 0 Å². The molecule has 0 aromatic heterocycles. The predicted octanol–water partition coefficient (Wildman–Crippen LogP) is 2.73. The summed E-state index contributed by atoms with van der Waals surface area (Å²) in [5.74, 6) is 0.751. The topological polar surface area (TPSA) is 51.5 Å². The smallest absolute Gasteiger partial charge is 0.160 e. The van der Waals surface area contributed by atoms with Crippen molar-refractivity contribution in [1.82, 2.24) is 0 Å². The first-order valence-corrected chi connectivity index (χ1v) is 6.16. The Morgan fingerprint density at radius 2 is 1.72 bits per heavy atom. The summed E-state index contributed by atoms with van der Waals surface area (Å²) in [6.45, 7) is 5.65. The van der Waals surface area contributed by atoms with Gasteiger partial charge in [0.1, 0.15) is 5.75 Å². The number of hydrogen-bond donors (Lipinski definition) is 0. The quantitative estimate of drug-likeness (QED) is 0.665. The fourth-order valence-electron chi connectivity index (χ4n) is 1.49. The van der Waals surface area contributed by atoms with E-state index in [-0.39, 0.29) is 6.29 Å². The third kappa shape index (κ3) is 5.17. The highest BCUT2D eigenvalue weighted by Gasteiger charge is 2.07. The van der Waals surface area contributed by atoms with E-state index in [4.69, 9.17) is 19.5 Å². The van der Waals surface area contributed by atoms with Crippen LogP contribution in [0.3, 0.4) is 0 Å². The van der Waals surface area contributed by atoms with E-state index in [2.05, 4.69) is 6.07 Å². The van der Waals surface area contributed by atoms with Gasteiger partial charge in [-0.25, -0.2) is 0 Å². The van der Waals surface area contributed by atoms with Crippen LogP contribution >= 0.6 is 0 Å². The van der Waals surface area contributed by atoms with E-state index in [1.54, 1.807) is 24.3 Å². The third-order valence-electron chi connectivity index (χ3n) is 2.31. The van der Waals surface area contributed by atoms with E-state index in [0.717, 1.165) is 5.75 Å². The van der Waals surface area contributed by atoms with Crippen LogP contribution < -0.4 is 4.74 Å². The molecule has 0 aliphatic carbocycles. The molecule has 98 valence electrons. The maximum atomic E-state index is 8.67. The van der Waals surface area contributed by atoms with Crippen LogP contribution in [0.25, 0.3) is 0 Å². The Labute approximate surface area is 108 Å². The van der Waals surface area contributed by atoms with Gasteiger partial charge >= 0.3 is 0 Å². The van der Waals surface area contributed by atoms with Gasteiger partial charge in [-0.15, -0.1) is 0 Å². The van der Waals surface area contributed by atoms with Gasteiger partial charge in [0.2, 0.25) is 0 Å². The fraction of sp³-hybridized carbons (Fsp3) is 0.500. The van der Waals surface area contributed by atoms with Crippen LogP contribution in [0.15, 0.2) is 24.3 Å². The maximum Gasteiger partial charge on any atom is 0.160 e. The Balaban J connectivity index is 2.33. The van der Waals surface area contributed by atoms with Crippen molar-refractivity contribution in [2.24, 2.45) is 0 Å². The molecule has 0 saturated heterocycles. The van der Waals surface area contributed by atoms with E-state index in [9.17, 15) is 0 Å². The van der Waals surface area contributed by atoms with Gasteiger partial charge in [-0.2, -0.15) is 5.26 Å². The summed E-state index contributed by atoms with van der Waals surface area (Å²) in [5, 5.41) is 8.67. The average Bonchev–Trinajstić information content (AvgIpc) is 2.40. The van der Waals surface area contributed by atoms with Crippen molar-refractivity contribution in [1.29, 1.82) is 5.26 Å². The molecule has 0 saturated carbocycles. The summed E-state index contributed by atoms with van der Waals surface area (Å²) < 4.78 is 16.4. The van der Waals surface area contributed by atoms with Crippen molar-refractivity contribution in [3.05, 3.63) is 29.8 Å². The van der Waals surface area contributed by atoms with Crippen molar-refractivity contribution in [2.45, 2.75) is 26.6 Å². The van der Waals surface area contributed by atoms with Crippen molar-refractivity contribution < 1.29 is 14.2 Å². The summed E-state index contributed by atoms with van der Waals surface area (Å²) in [4.78, 5) is 0. The molecule has 0 unspecified atom stereocenters. The van der Waals surface area contributed by atoms with Gasteiger partial charge in [-0.05, 0) is 38.1 Å². The molecule has 1 rings (SSSR count). The van der Waals surface area contributed by atoms with Gasteiger partial charge in [0.05, 0.1) is 18.2 Å². The molecule has 0 radical (unpaired) electrons. The van der Waals surface area contributed by atoms with Gasteiger partial charge in [0.25, 0.3) is 0 Å². The SMILES string of the molecule is CCOC(CCOc1ccc(C#N)cc1)OCC. The first-order chi connectivity index (χ1) is 8.80. The molecule has 1 aromatic carbocycles. The van der Waals surface area contributed by atoms with Crippen LogP contribution in [-0.4, -0.2) is 26.1 Å². The molecule has 0 amide bonds. The minimum absolute atomic E-state index is 0.210. The Bertz CT molecular complexity index is 364. The molecule has 0 spiro atoms. The molecule has 0 aliphatic rings. The number of hydrogen-bond acceptors (Lipinski definition) is 4. The van der Waals surface area contributed by atoms with E-state index in [1.165, 1.54) is 0 Å². The second-order valence-electron chi connectivity index (χ2n) is 3.61. The molecule has 0 heterocycles. The summed E-state index contributed by atoms with van der Waals surface area (Å²) in [7, 11) is 0. The normalized spacial score (nSPS) is 10.3. The highest BCUT2D eigenvalue weighted by atomic mass is 16.7. The molecule has 0 fully saturated rings. The standard InChI is InChI=1S/C14H19NO3/c1-3-16-14(17-4-2)9-10-18-13-7-5-12(11-15)6-8-13/h5-8,14H,3-4,9-10H2,1-2H3. The first-order valence-electron chi connectivity index (χ1n) is 6.16. The molecular formula is C14H19NO3. The maximum absolute atomic E-state index is 8.67. The minimum Gasteiger partial charge on any atom is -0.493 e. The largest absolute Gasteiger partial charge is 0.493 e. The van der Waals surface area contributed by atoms with Crippen LogP contribution in [0.4, 0.5) is 0 Å². The lowest BCUT2D eigenvalue weighted by Crippen LogP contribution is -2.20. The van der Waals surface area contributed by atoms with Crippen molar-refractivity contribution in [2.75, 3.05) is 19.8 Å². The molecule has 4 heteroatoms. The van der Waals surface area contributed by atoms with Crippen LogP contribution in [0.1, 0.15) is 25.8 Å². The summed E-state index contributed by atoms with van der Waals surface area (Å²) in [6, 6.07) is 9.11. The van der Waals surface area contributed by atoms with Crippen LogP contribution in [0.2, 0.25) is 0 Å². The Hall–Kier alpha value is -1.57. The van der Waals surface area contributed by atoms with Gasteiger partial charge < -0.3 is 14.2 Å². The predicted molar refractivity (Wildman–Crippen MR) is 68.3 cm³/mol. The number of benzene rings is 1. The highest BCUT2D eigenvalue weighted by Crippen LogP contribution is 2.12. The average molecular weight is 249 g/mol. The zero-order valence-electron chi connectivity index (χ0n) is 10.9. The van der Waals surface area contributed by atoms with Gasteiger partial charge in [-0.1, -0.05) is 0 Å². The van der Waals surface area contributed by atoms with E-state index < -0.39 is 0 Å². The van der Waals surface area contributed by atoms with Crippen LogP contribution in [-0.2, 0) is 9.47 Å². The fourth-order valence-corrected chi connectivity index (χ4v) is 1.49. The van der Waals surface area contributed by atoms with Gasteiger partial charge in [-0.3, -0.25) is 0 Å².